The Morgan fingerprint density at radius 3 is 2.41 bits per heavy atom. The molecule has 0 aromatic heterocycles. The Morgan fingerprint density at radius 1 is 1.47 bits per heavy atom. The van der Waals surface area contributed by atoms with Crippen molar-refractivity contribution in [2.24, 2.45) is 5.41 Å². The van der Waals surface area contributed by atoms with Gasteiger partial charge in [0.2, 0.25) is 5.91 Å². The van der Waals surface area contributed by atoms with Crippen LogP contribution in [0.1, 0.15) is 26.7 Å². The van der Waals surface area contributed by atoms with E-state index >= 15 is 0 Å². The van der Waals surface area contributed by atoms with Gasteiger partial charge in [-0.15, -0.1) is 0 Å². The van der Waals surface area contributed by atoms with Crippen LogP contribution >= 0.6 is 0 Å². The highest BCUT2D eigenvalue weighted by Crippen LogP contribution is 2.35. The fraction of sp³-hybridized carbons (Fsp3) is 0.833. The first-order valence-corrected chi connectivity index (χ1v) is 6.02. The van der Waals surface area contributed by atoms with Gasteiger partial charge in [0.05, 0.1) is 11.5 Å². The Labute approximate surface area is 102 Å². The smallest absolute Gasteiger partial charge is 0.310 e. The fourth-order valence-electron chi connectivity index (χ4n) is 2.38. The first kappa shape index (κ1) is 14.0. The highest BCUT2D eigenvalue weighted by molar-refractivity contribution is 5.81. The molecule has 1 heterocycles. The number of nitrogens with zero attached hydrogens (tertiary/aromatic N) is 2. The van der Waals surface area contributed by atoms with Crippen molar-refractivity contribution in [1.29, 1.82) is 0 Å². The van der Waals surface area contributed by atoms with Crippen molar-refractivity contribution in [2.45, 2.75) is 32.7 Å². The number of carboxylic acid groups (broad SMARTS) is 1. The van der Waals surface area contributed by atoms with E-state index < -0.39 is 11.4 Å². The van der Waals surface area contributed by atoms with E-state index in [1.165, 1.54) is 0 Å². The maximum atomic E-state index is 11.8. The molecule has 17 heavy (non-hydrogen) atoms. The van der Waals surface area contributed by atoms with Gasteiger partial charge in [-0.1, -0.05) is 6.92 Å². The number of carbonyl (C=O) groups is 2. The molecule has 1 aliphatic rings. The largest absolute Gasteiger partial charge is 0.481 e. The minimum Gasteiger partial charge on any atom is -0.481 e. The highest BCUT2D eigenvalue weighted by Gasteiger charge is 2.45. The highest BCUT2D eigenvalue weighted by atomic mass is 16.4. The molecule has 0 bridgehead atoms. The van der Waals surface area contributed by atoms with Crippen molar-refractivity contribution in [2.75, 3.05) is 27.2 Å². The van der Waals surface area contributed by atoms with Crippen molar-refractivity contribution in [3.8, 4) is 0 Å². The fourth-order valence-corrected chi connectivity index (χ4v) is 2.38. The summed E-state index contributed by atoms with van der Waals surface area (Å²) >= 11 is 0. The van der Waals surface area contributed by atoms with Crippen LogP contribution in [0, 0.1) is 5.41 Å². The molecular formula is C12H22N2O3. The minimum absolute atomic E-state index is 0.0299. The van der Waals surface area contributed by atoms with E-state index in [1.807, 2.05) is 18.7 Å². The number of hydrogen-bond acceptors (Lipinski definition) is 3. The van der Waals surface area contributed by atoms with Crippen LogP contribution in [-0.2, 0) is 9.59 Å². The average Bonchev–Trinajstić information content (AvgIpc) is 2.72. The first-order valence-electron chi connectivity index (χ1n) is 6.02. The van der Waals surface area contributed by atoms with Crippen molar-refractivity contribution < 1.29 is 14.7 Å². The zero-order valence-corrected chi connectivity index (χ0v) is 11.1. The van der Waals surface area contributed by atoms with Crippen molar-refractivity contribution >= 4 is 11.9 Å². The number of hydrogen-bond donors (Lipinski definition) is 1. The van der Waals surface area contributed by atoms with Crippen LogP contribution in [0.4, 0.5) is 0 Å². The van der Waals surface area contributed by atoms with Gasteiger partial charge in [-0.25, -0.2) is 0 Å². The molecule has 0 spiro atoms. The average molecular weight is 242 g/mol. The summed E-state index contributed by atoms with van der Waals surface area (Å²) in [5.74, 6) is -0.714. The minimum atomic E-state index is -0.744. The monoisotopic (exact) mass is 242 g/mol. The molecule has 2 unspecified atom stereocenters. The zero-order valence-electron chi connectivity index (χ0n) is 11.1. The van der Waals surface area contributed by atoms with Crippen molar-refractivity contribution in [3.05, 3.63) is 0 Å². The maximum Gasteiger partial charge on any atom is 0.310 e. The molecule has 1 aliphatic heterocycles. The molecule has 1 amide bonds. The summed E-state index contributed by atoms with van der Waals surface area (Å²) in [6, 6.07) is -0.238. The van der Waals surface area contributed by atoms with E-state index in [2.05, 4.69) is 0 Å². The lowest BCUT2D eigenvalue weighted by Gasteiger charge is -2.28. The van der Waals surface area contributed by atoms with Crippen LogP contribution in [0.2, 0.25) is 0 Å². The lowest BCUT2D eigenvalue weighted by Crippen LogP contribution is -2.45. The van der Waals surface area contributed by atoms with E-state index in [9.17, 15) is 14.7 Å². The van der Waals surface area contributed by atoms with Crippen LogP contribution in [-0.4, -0.2) is 60.0 Å². The molecule has 2 atom stereocenters. The summed E-state index contributed by atoms with van der Waals surface area (Å²) in [5.41, 5.74) is -0.666. The number of carboxylic acids is 1. The first-order chi connectivity index (χ1) is 7.84. The molecule has 0 aromatic rings. The number of amides is 1. The Hall–Kier alpha value is -1.10. The predicted molar refractivity (Wildman–Crippen MR) is 64.7 cm³/mol. The zero-order chi connectivity index (χ0) is 13.2. The quantitative estimate of drug-likeness (QED) is 0.786. The number of likely N-dealkylation sites (N-methyl/N-ethyl adjacent to an activating group) is 1. The Kier molecular flexibility index (Phi) is 4.14. The van der Waals surface area contributed by atoms with E-state index in [0.29, 0.717) is 25.9 Å². The van der Waals surface area contributed by atoms with Gasteiger partial charge in [-0.2, -0.15) is 0 Å². The molecule has 0 saturated carbocycles. The Balaban J connectivity index is 2.73. The molecule has 0 radical (unpaired) electrons. The second kappa shape index (κ2) is 5.04. The maximum absolute atomic E-state index is 11.8. The third-order valence-corrected chi connectivity index (χ3v) is 3.86. The van der Waals surface area contributed by atoms with Gasteiger partial charge in [-0.05, 0) is 19.8 Å². The number of aliphatic carboxylic acids is 1. The van der Waals surface area contributed by atoms with Crippen LogP contribution < -0.4 is 0 Å². The SMILES string of the molecule is CCC1(C(=O)O)CCN(C(C)C(=O)N(C)C)C1. The van der Waals surface area contributed by atoms with Crippen LogP contribution in [0.15, 0.2) is 0 Å². The lowest BCUT2D eigenvalue weighted by atomic mass is 9.84. The second-order valence-electron chi connectivity index (χ2n) is 5.07. The third-order valence-electron chi connectivity index (χ3n) is 3.86. The van der Waals surface area contributed by atoms with Crippen LogP contribution in [0.5, 0.6) is 0 Å². The molecule has 98 valence electrons. The lowest BCUT2D eigenvalue weighted by molar-refractivity contribution is -0.149. The Morgan fingerprint density at radius 2 is 2.06 bits per heavy atom. The molecule has 1 N–H and O–H groups in total. The number of rotatable bonds is 4. The molecule has 5 nitrogen and oxygen atoms in total. The standard InChI is InChI=1S/C12H22N2O3/c1-5-12(11(16)17)6-7-14(8-12)9(2)10(15)13(3)4/h9H,5-8H2,1-4H3,(H,16,17). The summed E-state index contributed by atoms with van der Waals surface area (Å²) < 4.78 is 0. The number of likely N-dealkylation sites (tertiary alicyclic amines) is 1. The molecule has 1 saturated heterocycles. The molecular weight excluding hydrogens is 220 g/mol. The predicted octanol–water partition coefficient (Wildman–Crippen LogP) is 0.650. The van der Waals surface area contributed by atoms with E-state index in [1.54, 1.807) is 19.0 Å². The van der Waals surface area contributed by atoms with Gasteiger partial charge in [0.1, 0.15) is 0 Å². The van der Waals surface area contributed by atoms with E-state index in [4.69, 9.17) is 0 Å². The van der Waals surface area contributed by atoms with Crippen molar-refractivity contribution in [3.63, 3.8) is 0 Å². The van der Waals surface area contributed by atoms with Crippen molar-refractivity contribution in [1.82, 2.24) is 9.80 Å². The van der Waals surface area contributed by atoms with E-state index in [0.717, 1.165) is 0 Å². The number of carbonyl (C=O) groups excluding carboxylic acids is 1. The van der Waals surface area contributed by atoms with Gasteiger partial charge < -0.3 is 10.0 Å². The summed E-state index contributed by atoms with van der Waals surface area (Å²) in [7, 11) is 3.44. The van der Waals surface area contributed by atoms with Gasteiger partial charge in [-0.3, -0.25) is 14.5 Å². The van der Waals surface area contributed by atoms with Gasteiger partial charge >= 0.3 is 5.97 Å². The topological polar surface area (TPSA) is 60.9 Å². The normalized spacial score (nSPS) is 26.8. The summed E-state index contributed by atoms with van der Waals surface area (Å²) in [5, 5.41) is 9.29. The van der Waals surface area contributed by atoms with E-state index in [-0.39, 0.29) is 11.9 Å². The summed E-state index contributed by atoms with van der Waals surface area (Å²) in [6.07, 6.45) is 1.24. The van der Waals surface area contributed by atoms with Crippen LogP contribution in [0.25, 0.3) is 0 Å². The third kappa shape index (κ3) is 2.60. The molecule has 0 aromatic carbocycles. The van der Waals surface area contributed by atoms with Gasteiger partial charge in [0.25, 0.3) is 0 Å². The molecule has 5 heteroatoms. The summed E-state index contributed by atoms with van der Waals surface area (Å²) in [6.45, 7) is 4.90. The van der Waals surface area contributed by atoms with Gasteiger partial charge in [0, 0.05) is 27.2 Å². The summed E-state index contributed by atoms with van der Waals surface area (Å²) in [4.78, 5) is 26.7. The van der Waals surface area contributed by atoms with Gasteiger partial charge in [0.15, 0.2) is 0 Å². The molecule has 1 rings (SSSR count). The second-order valence-corrected chi connectivity index (χ2v) is 5.07. The molecule has 1 fully saturated rings. The Bertz CT molecular complexity index is 317. The molecule has 0 aliphatic carbocycles. The van der Waals surface area contributed by atoms with Crippen LogP contribution in [0.3, 0.4) is 0 Å².